The van der Waals surface area contributed by atoms with E-state index in [1.807, 2.05) is 24.3 Å². The number of benzene rings is 1. The van der Waals surface area contributed by atoms with Crippen molar-refractivity contribution >= 4 is 34.1 Å². The Bertz CT molecular complexity index is 864. The van der Waals surface area contributed by atoms with Crippen molar-refractivity contribution in [2.45, 2.75) is 25.7 Å². The molecule has 1 aromatic carbocycles. The van der Waals surface area contributed by atoms with Gasteiger partial charge in [0.05, 0.1) is 17.6 Å². The molecule has 4 rings (SSSR count). The maximum Gasteiger partial charge on any atom is 0.195 e. The molecule has 0 saturated heterocycles. The maximum atomic E-state index is 9.07. The molecule has 1 aliphatic carbocycles. The third kappa shape index (κ3) is 2.12. The first-order valence-corrected chi connectivity index (χ1v) is 8.44. The number of hydrogen-bond acceptors (Lipinski definition) is 4. The van der Waals surface area contributed by atoms with E-state index in [9.17, 15) is 0 Å². The molecule has 4 nitrogen and oxygen atoms in total. The quantitative estimate of drug-likeness (QED) is 0.430. The van der Waals surface area contributed by atoms with E-state index in [1.54, 1.807) is 11.3 Å². The monoisotopic (exact) mass is 331 g/mol. The highest BCUT2D eigenvalue weighted by Crippen LogP contribution is 2.34. The minimum Gasteiger partial charge on any atom is -0.411 e. The molecule has 22 heavy (non-hydrogen) atoms. The van der Waals surface area contributed by atoms with Crippen molar-refractivity contribution in [3.8, 4) is 11.3 Å². The highest BCUT2D eigenvalue weighted by molar-refractivity contribution is 7.17. The first-order chi connectivity index (χ1) is 10.8. The average Bonchev–Trinajstić information content (AvgIpc) is 3.05. The van der Waals surface area contributed by atoms with Gasteiger partial charge in [0.2, 0.25) is 0 Å². The highest BCUT2D eigenvalue weighted by atomic mass is 35.5. The number of halogens is 1. The lowest BCUT2D eigenvalue weighted by molar-refractivity contribution is 0.321. The summed E-state index contributed by atoms with van der Waals surface area (Å²) in [5, 5.41) is 13.0. The SMILES string of the molecule is ON=Cc1c(-c2ccc(Cl)cc2)nc2sc3c(n12)CCCC3. The molecule has 0 unspecified atom stereocenters. The van der Waals surface area contributed by atoms with E-state index >= 15 is 0 Å². The molecular weight excluding hydrogens is 318 g/mol. The second-order valence-electron chi connectivity index (χ2n) is 5.39. The van der Waals surface area contributed by atoms with E-state index in [1.165, 1.54) is 29.6 Å². The van der Waals surface area contributed by atoms with E-state index in [-0.39, 0.29) is 0 Å². The van der Waals surface area contributed by atoms with Gasteiger partial charge in [0.1, 0.15) is 0 Å². The molecule has 0 atom stereocenters. The van der Waals surface area contributed by atoms with Crippen LogP contribution in [0.4, 0.5) is 0 Å². The second kappa shape index (κ2) is 5.41. The van der Waals surface area contributed by atoms with Crippen molar-refractivity contribution in [3.63, 3.8) is 0 Å². The van der Waals surface area contributed by atoms with Gasteiger partial charge in [-0.1, -0.05) is 28.9 Å². The van der Waals surface area contributed by atoms with Crippen LogP contribution in [0.5, 0.6) is 0 Å². The molecule has 0 spiro atoms. The number of aromatic nitrogens is 2. The Hall–Kier alpha value is -1.85. The summed E-state index contributed by atoms with van der Waals surface area (Å²) < 4.78 is 2.14. The van der Waals surface area contributed by atoms with Gasteiger partial charge in [0.15, 0.2) is 4.96 Å². The molecular formula is C16H14ClN3OS. The predicted molar refractivity (Wildman–Crippen MR) is 89.5 cm³/mol. The summed E-state index contributed by atoms with van der Waals surface area (Å²) in [6.07, 6.45) is 6.09. The Labute approximate surface area is 136 Å². The molecule has 0 amide bonds. The smallest absolute Gasteiger partial charge is 0.195 e. The van der Waals surface area contributed by atoms with Gasteiger partial charge in [-0.3, -0.25) is 4.40 Å². The van der Waals surface area contributed by atoms with Gasteiger partial charge < -0.3 is 5.21 Å². The third-order valence-electron chi connectivity index (χ3n) is 4.05. The molecule has 0 aliphatic heterocycles. The van der Waals surface area contributed by atoms with E-state index in [4.69, 9.17) is 21.8 Å². The number of aryl methyl sites for hydroxylation is 2. The number of thiazole rings is 1. The van der Waals surface area contributed by atoms with E-state index in [0.29, 0.717) is 5.02 Å². The Morgan fingerprint density at radius 2 is 2.00 bits per heavy atom. The fourth-order valence-electron chi connectivity index (χ4n) is 3.05. The van der Waals surface area contributed by atoms with Crippen molar-refractivity contribution in [2.24, 2.45) is 5.16 Å². The Kier molecular flexibility index (Phi) is 3.39. The zero-order chi connectivity index (χ0) is 15.1. The van der Waals surface area contributed by atoms with Gasteiger partial charge >= 0.3 is 0 Å². The van der Waals surface area contributed by atoms with Gasteiger partial charge in [-0.2, -0.15) is 0 Å². The third-order valence-corrected chi connectivity index (χ3v) is 5.45. The van der Waals surface area contributed by atoms with Crippen LogP contribution in [-0.2, 0) is 12.8 Å². The zero-order valence-corrected chi connectivity index (χ0v) is 13.4. The molecule has 2 heterocycles. The molecule has 1 aliphatic rings. The fourth-order valence-corrected chi connectivity index (χ4v) is 4.39. The molecule has 0 saturated carbocycles. The molecule has 6 heteroatoms. The van der Waals surface area contributed by atoms with Crippen molar-refractivity contribution < 1.29 is 5.21 Å². The lowest BCUT2D eigenvalue weighted by Crippen LogP contribution is -2.05. The summed E-state index contributed by atoms with van der Waals surface area (Å²) in [6, 6.07) is 7.57. The van der Waals surface area contributed by atoms with Crippen LogP contribution in [0.15, 0.2) is 29.4 Å². The van der Waals surface area contributed by atoms with Crippen LogP contribution in [0.2, 0.25) is 5.02 Å². The maximum absolute atomic E-state index is 9.07. The second-order valence-corrected chi connectivity index (χ2v) is 6.89. The lowest BCUT2D eigenvalue weighted by atomic mass is 10.0. The fraction of sp³-hybridized carbons (Fsp3) is 0.250. The largest absolute Gasteiger partial charge is 0.411 e. The van der Waals surface area contributed by atoms with Crippen molar-refractivity contribution in [1.82, 2.24) is 9.38 Å². The van der Waals surface area contributed by atoms with Crippen LogP contribution in [0.25, 0.3) is 16.2 Å². The number of oxime groups is 1. The molecule has 2 aromatic heterocycles. The van der Waals surface area contributed by atoms with Gasteiger partial charge in [-0.15, -0.1) is 11.3 Å². The zero-order valence-electron chi connectivity index (χ0n) is 11.8. The summed E-state index contributed by atoms with van der Waals surface area (Å²) in [5.41, 5.74) is 3.95. The topological polar surface area (TPSA) is 49.9 Å². The van der Waals surface area contributed by atoms with Crippen molar-refractivity contribution in [1.29, 1.82) is 0 Å². The number of nitrogens with zero attached hydrogens (tertiary/aromatic N) is 3. The molecule has 3 aromatic rings. The Morgan fingerprint density at radius 1 is 1.23 bits per heavy atom. The van der Waals surface area contributed by atoms with Crippen LogP contribution in [0, 0.1) is 0 Å². The summed E-state index contributed by atoms with van der Waals surface area (Å²) in [5.74, 6) is 0. The predicted octanol–water partition coefficient (Wildman–Crippen LogP) is 4.40. The van der Waals surface area contributed by atoms with Crippen molar-refractivity contribution in [2.75, 3.05) is 0 Å². The number of rotatable bonds is 2. The van der Waals surface area contributed by atoms with Crippen LogP contribution >= 0.6 is 22.9 Å². The van der Waals surface area contributed by atoms with Crippen LogP contribution < -0.4 is 0 Å². The summed E-state index contributed by atoms with van der Waals surface area (Å²) >= 11 is 7.70. The first-order valence-electron chi connectivity index (χ1n) is 7.24. The standard InChI is InChI=1S/C16H14ClN3OS/c17-11-7-5-10(6-8-11)15-13(9-18-21)20-12-3-1-2-4-14(12)22-16(20)19-15/h5-9,21H,1-4H2. The Balaban J connectivity index is 1.97. The number of hydrogen-bond donors (Lipinski definition) is 1. The first kappa shape index (κ1) is 13.8. The minimum absolute atomic E-state index is 0.694. The highest BCUT2D eigenvalue weighted by Gasteiger charge is 2.22. The summed E-state index contributed by atoms with van der Waals surface area (Å²) in [6.45, 7) is 0. The molecule has 0 bridgehead atoms. The number of imidazole rings is 1. The number of fused-ring (bicyclic) bond motifs is 3. The normalized spacial score (nSPS) is 14.8. The van der Waals surface area contributed by atoms with E-state index < -0.39 is 0 Å². The molecule has 0 fully saturated rings. The van der Waals surface area contributed by atoms with Gasteiger partial charge in [-0.25, -0.2) is 4.98 Å². The molecule has 0 radical (unpaired) electrons. The Morgan fingerprint density at radius 3 is 2.77 bits per heavy atom. The van der Waals surface area contributed by atoms with E-state index in [0.717, 1.165) is 34.8 Å². The van der Waals surface area contributed by atoms with Crippen LogP contribution in [0.1, 0.15) is 29.1 Å². The van der Waals surface area contributed by atoms with Gasteiger partial charge in [0.25, 0.3) is 0 Å². The molecule has 112 valence electrons. The van der Waals surface area contributed by atoms with Crippen LogP contribution in [0.3, 0.4) is 0 Å². The summed E-state index contributed by atoms with van der Waals surface area (Å²) in [4.78, 5) is 7.14. The summed E-state index contributed by atoms with van der Waals surface area (Å²) in [7, 11) is 0. The van der Waals surface area contributed by atoms with E-state index in [2.05, 4.69) is 9.56 Å². The van der Waals surface area contributed by atoms with Gasteiger partial charge in [-0.05, 0) is 37.8 Å². The minimum atomic E-state index is 0.694. The van der Waals surface area contributed by atoms with Gasteiger partial charge in [0, 0.05) is 21.2 Å². The van der Waals surface area contributed by atoms with Crippen molar-refractivity contribution in [3.05, 3.63) is 45.6 Å². The lowest BCUT2D eigenvalue weighted by Gasteiger charge is -2.11. The average molecular weight is 332 g/mol. The van der Waals surface area contributed by atoms with Crippen LogP contribution in [-0.4, -0.2) is 20.8 Å². The molecule has 1 N–H and O–H groups in total.